The van der Waals surface area contributed by atoms with Gasteiger partial charge in [-0.25, -0.2) is 4.79 Å². The van der Waals surface area contributed by atoms with E-state index in [9.17, 15) is 18.0 Å². The average Bonchev–Trinajstić information content (AvgIpc) is 3.15. The van der Waals surface area contributed by atoms with Crippen molar-refractivity contribution < 1.29 is 27.1 Å². The number of aromatic nitrogens is 2. The van der Waals surface area contributed by atoms with Crippen molar-refractivity contribution in [1.29, 1.82) is 0 Å². The number of rotatable bonds is 4. The van der Waals surface area contributed by atoms with Crippen molar-refractivity contribution in [3.8, 4) is 17.2 Å². The van der Waals surface area contributed by atoms with E-state index < -0.39 is 17.7 Å². The molecule has 0 unspecified atom stereocenters. The van der Waals surface area contributed by atoms with Gasteiger partial charge >= 0.3 is 12.1 Å². The van der Waals surface area contributed by atoms with Crippen molar-refractivity contribution in [2.24, 2.45) is 0 Å². The minimum atomic E-state index is -4.39. The minimum absolute atomic E-state index is 0.301. The predicted molar refractivity (Wildman–Crippen MR) is 85.8 cm³/mol. The molecule has 2 aromatic carbocycles. The van der Waals surface area contributed by atoms with Gasteiger partial charge in [0, 0.05) is 11.6 Å². The van der Waals surface area contributed by atoms with Gasteiger partial charge in [0.1, 0.15) is 5.75 Å². The largest absolute Gasteiger partial charge is 0.423 e. The summed E-state index contributed by atoms with van der Waals surface area (Å²) in [6.07, 6.45) is -0.687. The Hall–Kier alpha value is -3.42. The molecule has 5 nitrogen and oxygen atoms in total. The van der Waals surface area contributed by atoms with Gasteiger partial charge in [0.25, 0.3) is 0 Å². The maximum atomic E-state index is 12.5. The lowest BCUT2D eigenvalue weighted by atomic mass is 10.1. The molecule has 0 spiro atoms. The van der Waals surface area contributed by atoms with E-state index in [4.69, 9.17) is 9.15 Å². The number of carbonyl (C=O) groups excluding carboxylic acids is 1. The molecule has 0 radical (unpaired) electrons. The van der Waals surface area contributed by atoms with Crippen LogP contribution in [0.2, 0.25) is 0 Å². The number of esters is 1. The highest BCUT2D eigenvalue weighted by molar-refractivity contribution is 5.88. The van der Waals surface area contributed by atoms with Crippen molar-refractivity contribution in [2.75, 3.05) is 0 Å². The van der Waals surface area contributed by atoms with Crippen molar-refractivity contribution in [2.45, 2.75) is 6.18 Å². The van der Waals surface area contributed by atoms with Crippen LogP contribution in [0.3, 0.4) is 0 Å². The Bertz CT molecular complexity index is 900. The molecule has 1 aromatic heterocycles. The van der Waals surface area contributed by atoms with Gasteiger partial charge in [0.05, 0.1) is 5.56 Å². The number of nitrogens with zero attached hydrogens (tertiary/aromatic N) is 2. The number of halogens is 3. The molecule has 8 heteroatoms. The second-order valence-corrected chi connectivity index (χ2v) is 5.14. The van der Waals surface area contributed by atoms with E-state index in [1.54, 1.807) is 24.3 Å². The van der Waals surface area contributed by atoms with E-state index >= 15 is 0 Å². The highest BCUT2D eigenvalue weighted by Gasteiger charge is 2.29. The number of benzene rings is 2. The van der Waals surface area contributed by atoms with Crippen LogP contribution in [0.25, 0.3) is 17.5 Å². The van der Waals surface area contributed by atoms with E-state index in [2.05, 4.69) is 10.2 Å². The van der Waals surface area contributed by atoms with Crippen molar-refractivity contribution in [1.82, 2.24) is 10.2 Å². The summed E-state index contributed by atoms with van der Waals surface area (Å²) < 4.78 is 47.6. The molecule has 0 atom stereocenters. The number of ether oxygens (including phenoxy) is 1. The first-order chi connectivity index (χ1) is 12.4. The van der Waals surface area contributed by atoms with Crippen LogP contribution in [0.1, 0.15) is 11.1 Å². The molecule has 1 heterocycles. The Labute approximate surface area is 145 Å². The zero-order valence-corrected chi connectivity index (χ0v) is 13.1. The van der Waals surface area contributed by atoms with Crippen molar-refractivity contribution >= 4 is 12.0 Å². The standard InChI is InChI=1S/C18H11F3N2O3/c19-18(20,21)14-6-1-12(2-7-14)3-10-16(24)26-15-8-4-13(5-9-15)17-23-22-11-25-17/h1-11H/b10-3+. The van der Waals surface area contributed by atoms with Gasteiger partial charge in [-0.1, -0.05) is 12.1 Å². The van der Waals surface area contributed by atoms with Gasteiger partial charge < -0.3 is 9.15 Å². The van der Waals surface area contributed by atoms with E-state index in [1.165, 1.54) is 24.6 Å². The zero-order chi connectivity index (χ0) is 18.6. The lowest BCUT2D eigenvalue weighted by Crippen LogP contribution is -2.04. The molecule has 3 rings (SSSR count). The molecule has 3 aromatic rings. The molecule has 0 saturated heterocycles. The third kappa shape index (κ3) is 4.35. The fraction of sp³-hybridized carbons (Fsp3) is 0.0556. The normalized spacial score (nSPS) is 11.7. The number of carbonyl (C=O) groups is 1. The molecule has 0 fully saturated rings. The molecular formula is C18H11F3N2O3. The predicted octanol–water partition coefficient (Wildman–Crippen LogP) is 4.37. The van der Waals surface area contributed by atoms with Crippen LogP contribution in [-0.2, 0) is 11.0 Å². The van der Waals surface area contributed by atoms with E-state index in [1.807, 2.05) is 0 Å². The quantitative estimate of drug-likeness (QED) is 0.393. The Morgan fingerprint density at radius 3 is 2.31 bits per heavy atom. The highest BCUT2D eigenvalue weighted by Crippen LogP contribution is 2.29. The van der Waals surface area contributed by atoms with Crippen LogP contribution in [0.15, 0.2) is 65.4 Å². The fourth-order valence-electron chi connectivity index (χ4n) is 2.06. The highest BCUT2D eigenvalue weighted by atomic mass is 19.4. The van der Waals surface area contributed by atoms with Crippen LogP contribution in [0.5, 0.6) is 5.75 Å². The molecule has 0 aliphatic rings. The second-order valence-electron chi connectivity index (χ2n) is 5.14. The second kappa shape index (κ2) is 7.22. The lowest BCUT2D eigenvalue weighted by Gasteiger charge is -2.06. The van der Waals surface area contributed by atoms with Gasteiger partial charge in [0.2, 0.25) is 12.3 Å². The maximum absolute atomic E-state index is 12.5. The summed E-state index contributed by atoms with van der Waals surface area (Å²) >= 11 is 0. The summed E-state index contributed by atoms with van der Waals surface area (Å²) in [5.74, 6) is -0.0177. The minimum Gasteiger partial charge on any atom is -0.423 e. The van der Waals surface area contributed by atoms with Crippen LogP contribution in [0.4, 0.5) is 13.2 Å². The van der Waals surface area contributed by atoms with Crippen molar-refractivity contribution in [3.63, 3.8) is 0 Å². The maximum Gasteiger partial charge on any atom is 0.416 e. The van der Waals surface area contributed by atoms with E-state index in [0.717, 1.165) is 18.2 Å². The van der Waals surface area contributed by atoms with E-state index in [0.29, 0.717) is 22.8 Å². The zero-order valence-electron chi connectivity index (χ0n) is 13.1. The molecule has 0 aliphatic carbocycles. The first kappa shape index (κ1) is 17.4. The summed E-state index contributed by atoms with van der Waals surface area (Å²) in [5, 5.41) is 7.32. The van der Waals surface area contributed by atoms with Crippen LogP contribution < -0.4 is 4.74 Å². The van der Waals surface area contributed by atoms with Crippen molar-refractivity contribution in [3.05, 3.63) is 72.1 Å². The number of hydrogen-bond donors (Lipinski definition) is 0. The fourth-order valence-corrected chi connectivity index (χ4v) is 2.06. The van der Waals surface area contributed by atoms with Gasteiger partial charge in [0.15, 0.2) is 0 Å². The Kier molecular flexibility index (Phi) is 4.83. The third-order valence-corrected chi connectivity index (χ3v) is 3.33. The topological polar surface area (TPSA) is 65.2 Å². The number of alkyl halides is 3. The molecular weight excluding hydrogens is 349 g/mol. The summed E-state index contributed by atoms with van der Waals surface area (Å²) in [6, 6.07) is 10.8. The summed E-state index contributed by atoms with van der Waals surface area (Å²) in [4.78, 5) is 11.8. The molecule has 0 bridgehead atoms. The molecule has 0 amide bonds. The van der Waals surface area contributed by atoms with Crippen LogP contribution >= 0.6 is 0 Å². The summed E-state index contributed by atoms with van der Waals surface area (Å²) in [5.41, 5.74) is 0.364. The van der Waals surface area contributed by atoms with Gasteiger partial charge in [-0.2, -0.15) is 13.2 Å². The first-order valence-corrected chi connectivity index (χ1v) is 7.35. The average molecular weight is 360 g/mol. The van der Waals surface area contributed by atoms with Gasteiger partial charge in [-0.15, -0.1) is 10.2 Å². The van der Waals surface area contributed by atoms with Gasteiger partial charge in [-0.3, -0.25) is 0 Å². The monoisotopic (exact) mass is 360 g/mol. The molecule has 0 aliphatic heterocycles. The van der Waals surface area contributed by atoms with E-state index in [-0.39, 0.29) is 0 Å². The summed E-state index contributed by atoms with van der Waals surface area (Å²) in [7, 11) is 0. The first-order valence-electron chi connectivity index (χ1n) is 7.35. The van der Waals surface area contributed by atoms with Gasteiger partial charge in [-0.05, 0) is 48.0 Å². The lowest BCUT2D eigenvalue weighted by molar-refractivity contribution is -0.137. The third-order valence-electron chi connectivity index (χ3n) is 3.33. The Morgan fingerprint density at radius 1 is 1.04 bits per heavy atom. The Morgan fingerprint density at radius 2 is 1.73 bits per heavy atom. The summed E-state index contributed by atoms with van der Waals surface area (Å²) in [6.45, 7) is 0. The van der Waals surface area contributed by atoms with Crippen LogP contribution in [-0.4, -0.2) is 16.2 Å². The molecule has 0 saturated carbocycles. The molecule has 26 heavy (non-hydrogen) atoms. The van der Waals surface area contributed by atoms with Crippen LogP contribution in [0, 0.1) is 0 Å². The molecule has 132 valence electrons. The Balaban J connectivity index is 1.60. The SMILES string of the molecule is O=C(/C=C/c1ccc(C(F)(F)F)cc1)Oc1ccc(-c2nnco2)cc1. The number of hydrogen-bond acceptors (Lipinski definition) is 5. The molecule has 0 N–H and O–H groups in total. The smallest absolute Gasteiger partial charge is 0.416 e.